The first-order valence-corrected chi connectivity index (χ1v) is 5.81. The lowest BCUT2D eigenvalue weighted by Gasteiger charge is -2.01. The van der Waals surface area contributed by atoms with Crippen LogP contribution >= 0.6 is 0 Å². The smallest absolute Gasteiger partial charge is 0.0827 e. The van der Waals surface area contributed by atoms with Gasteiger partial charge in [0.25, 0.3) is 0 Å². The maximum absolute atomic E-state index is 5.44. The summed E-state index contributed by atoms with van der Waals surface area (Å²) in [5, 5.41) is 8.20. The van der Waals surface area contributed by atoms with Gasteiger partial charge in [-0.25, -0.2) is 0 Å². The molecule has 1 aromatic rings. The van der Waals surface area contributed by atoms with E-state index in [1.807, 2.05) is 10.9 Å². The van der Waals surface area contributed by atoms with E-state index in [-0.39, 0.29) is 0 Å². The zero-order chi connectivity index (χ0) is 11.1. The fourth-order valence-electron chi connectivity index (χ4n) is 1.51. The van der Waals surface area contributed by atoms with Gasteiger partial charge in [-0.05, 0) is 31.7 Å². The maximum Gasteiger partial charge on any atom is 0.0827 e. The van der Waals surface area contributed by atoms with Gasteiger partial charge in [-0.15, -0.1) is 5.10 Å². The van der Waals surface area contributed by atoms with Gasteiger partial charge in [-0.3, -0.25) is 4.68 Å². The van der Waals surface area contributed by atoms with Crippen LogP contribution < -0.4 is 5.73 Å². The van der Waals surface area contributed by atoms with E-state index in [0.717, 1.165) is 31.0 Å². The summed E-state index contributed by atoms with van der Waals surface area (Å²) in [7, 11) is 0. The largest absolute Gasteiger partial charge is 0.330 e. The Bertz CT molecular complexity index is 267. The number of aromatic nitrogens is 3. The Balaban J connectivity index is 2.26. The van der Waals surface area contributed by atoms with Crippen LogP contribution in [0.15, 0.2) is 6.20 Å². The molecule has 2 N–H and O–H groups in total. The van der Waals surface area contributed by atoms with Gasteiger partial charge in [0.15, 0.2) is 0 Å². The molecule has 0 saturated heterocycles. The highest BCUT2D eigenvalue weighted by molar-refractivity contribution is 4.92. The summed E-state index contributed by atoms with van der Waals surface area (Å²) in [6.07, 6.45) is 6.51. The highest BCUT2D eigenvalue weighted by Crippen LogP contribution is 2.07. The van der Waals surface area contributed by atoms with Gasteiger partial charge < -0.3 is 5.73 Å². The molecule has 0 aliphatic rings. The molecule has 0 aliphatic carbocycles. The van der Waals surface area contributed by atoms with E-state index in [2.05, 4.69) is 24.2 Å². The molecular weight excluding hydrogens is 188 g/mol. The van der Waals surface area contributed by atoms with Crippen molar-refractivity contribution < 1.29 is 0 Å². The average Bonchev–Trinajstić information content (AvgIpc) is 2.62. The summed E-state index contributed by atoms with van der Waals surface area (Å²) in [5.41, 5.74) is 6.54. The normalized spacial score (nSPS) is 11.2. The Morgan fingerprint density at radius 2 is 2.20 bits per heavy atom. The predicted octanol–water partition coefficient (Wildman–Crippen LogP) is 1.61. The van der Waals surface area contributed by atoms with E-state index in [4.69, 9.17) is 5.73 Å². The zero-order valence-corrected chi connectivity index (χ0v) is 9.82. The number of rotatable bonds is 7. The molecule has 4 heteroatoms. The second kappa shape index (κ2) is 6.56. The van der Waals surface area contributed by atoms with Crippen molar-refractivity contribution in [2.24, 2.45) is 11.7 Å². The first-order valence-electron chi connectivity index (χ1n) is 5.81. The van der Waals surface area contributed by atoms with Crippen molar-refractivity contribution in [1.82, 2.24) is 15.0 Å². The third-order valence-electron chi connectivity index (χ3n) is 2.39. The Morgan fingerprint density at radius 1 is 1.40 bits per heavy atom. The standard InChI is InChI=1S/C11H22N4/c1-10(2)5-3-6-11-9-15(14-13-11)8-4-7-12/h9-10H,3-8,12H2,1-2H3. The van der Waals surface area contributed by atoms with Crippen LogP contribution in [0, 0.1) is 5.92 Å². The Morgan fingerprint density at radius 3 is 2.87 bits per heavy atom. The van der Waals surface area contributed by atoms with Crippen LogP contribution in [0.4, 0.5) is 0 Å². The van der Waals surface area contributed by atoms with E-state index in [0.29, 0.717) is 6.54 Å². The zero-order valence-electron chi connectivity index (χ0n) is 9.82. The molecule has 0 unspecified atom stereocenters. The molecule has 0 fully saturated rings. The van der Waals surface area contributed by atoms with Gasteiger partial charge in [0.2, 0.25) is 0 Å². The Kier molecular flexibility index (Phi) is 5.32. The summed E-state index contributed by atoms with van der Waals surface area (Å²) >= 11 is 0. The molecule has 86 valence electrons. The molecule has 0 atom stereocenters. The van der Waals surface area contributed by atoms with Crippen LogP contribution in [-0.2, 0) is 13.0 Å². The second-order valence-electron chi connectivity index (χ2n) is 4.40. The number of nitrogens with two attached hydrogens (primary N) is 1. The Hall–Kier alpha value is -0.900. The van der Waals surface area contributed by atoms with Crippen molar-refractivity contribution in [3.05, 3.63) is 11.9 Å². The fraction of sp³-hybridized carbons (Fsp3) is 0.818. The van der Waals surface area contributed by atoms with Crippen LogP contribution in [0.1, 0.15) is 38.8 Å². The molecule has 0 amide bonds. The van der Waals surface area contributed by atoms with Crippen LogP contribution in [-0.4, -0.2) is 21.5 Å². The molecule has 0 radical (unpaired) electrons. The highest BCUT2D eigenvalue weighted by Gasteiger charge is 2.01. The van der Waals surface area contributed by atoms with Gasteiger partial charge in [0.1, 0.15) is 0 Å². The van der Waals surface area contributed by atoms with Crippen molar-refractivity contribution in [2.75, 3.05) is 6.54 Å². The van der Waals surface area contributed by atoms with Gasteiger partial charge in [-0.2, -0.15) is 0 Å². The maximum atomic E-state index is 5.44. The molecule has 0 aromatic carbocycles. The molecule has 4 nitrogen and oxygen atoms in total. The van der Waals surface area contributed by atoms with Crippen molar-refractivity contribution >= 4 is 0 Å². The van der Waals surface area contributed by atoms with Gasteiger partial charge in [-0.1, -0.05) is 25.5 Å². The third kappa shape index (κ3) is 4.93. The van der Waals surface area contributed by atoms with Gasteiger partial charge >= 0.3 is 0 Å². The van der Waals surface area contributed by atoms with Gasteiger partial charge in [0.05, 0.1) is 5.69 Å². The number of aryl methyl sites for hydroxylation is 2. The number of hydrogen-bond donors (Lipinski definition) is 1. The van der Waals surface area contributed by atoms with Crippen LogP contribution in [0.25, 0.3) is 0 Å². The minimum atomic E-state index is 0.711. The van der Waals surface area contributed by atoms with E-state index in [1.54, 1.807) is 0 Å². The summed E-state index contributed by atoms with van der Waals surface area (Å²) < 4.78 is 1.89. The monoisotopic (exact) mass is 210 g/mol. The first kappa shape index (κ1) is 12.2. The van der Waals surface area contributed by atoms with Crippen molar-refractivity contribution in [2.45, 2.75) is 46.1 Å². The fourth-order valence-corrected chi connectivity index (χ4v) is 1.51. The summed E-state index contributed by atoms with van der Waals surface area (Å²) in [4.78, 5) is 0. The summed E-state index contributed by atoms with van der Waals surface area (Å²) in [5.74, 6) is 0.775. The van der Waals surface area contributed by atoms with E-state index < -0.39 is 0 Å². The van der Waals surface area contributed by atoms with Crippen molar-refractivity contribution in [1.29, 1.82) is 0 Å². The molecule has 1 aromatic heterocycles. The Labute approximate surface area is 91.9 Å². The second-order valence-corrected chi connectivity index (χ2v) is 4.40. The number of nitrogens with zero attached hydrogens (tertiary/aromatic N) is 3. The molecule has 0 bridgehead atoms. The lowest BCUT2D eigenvalue weighted by molar-refractivity contribution is 0.552. The molecule has 0 saturated carbocycles. The topological polar surface area (TPSA) is 56.7 Å². The average molecular weight is 210 g/mol. The van der Waals surface area contributed by atoms with E-state index >= 15 is 0 Å². The van der Waals surface area contributed by atoms with Crippen LogP contribution in [0.5, 0.6) is 0 Å². The highest BCUT2D eigenvalue weighted by atomic mass is 15.4. The molecule has 15 heavy (non-hydrogen) atoms. The quantitative estimate of drug-likeness (QED) is 0.743. The van der Waals surface area contributed by atoms with Gasteiger partial charge in [0, 0.05) is 12.7 Å². The summed E-state index contributed by atoms with van der Waals surface area (Å²) in [6, 6.07) is 0. The minimum Gasteiger partial charge on any atom is -0.330 e. The molecule has 0 spiro atoms. The minimum absolute atomic E-state index is 0.711. The van der Waals surface area contributed by atoms with E-state index in [9.17, 15) is 0 Å². The van der Waals surface area contributed by atoms with Crippen molar-refractivity contribution in [3.8, 4) is 0 Å². The molecular formula is C11H22N4. The van der Waals surface area contributed by atoms with Crippen LogP contribution in [0.2, 0.25) is 0 Å². The lowest BCUT2D eigenvalue weighted by atomic mass is 10.1. The first-order chi connectivity index (χ1) is 7.22. The summed E-state index contributed by atoms with van der Waals surface area (Å²) in [6.45, 7) is 6.09. The van der Waals surface area contributed by atoms with E-state index in [1.165, 1.54) is 12.8 Å². The van der Waals surface area contributed by atoms with Crippen LogP contribution in [0.3, 0.4) is 0 Å². The molecule has 0 aliphatic heterocycles. The molecule has 1 rings (SSSR count). The lowest BCUT2D eigenvalue weighted by Crippen LogP contribution is -2.06. The van der Waals surface area contributed by atoms with Crippen molar-refractivity contribution in [3.63, 3.8) is 0 Å². The predicted molar refractivity (Wildman–Crippen MR) is 61.5 cm³/mol. The third-order valence-corrected chi connectivity index (χ3v) is 2.39. The molecule has 1 heterocycles. The number of hydrogen-bond acceptors (Lipinski definition) is 3. The SMILES string of the molecule is CC(C)CCCc1cn(CCCN)nn1.